The predicted molar refractivity (Wildman–Crippen MR) is 91.5 cm³/mol. The van der Waals surface area contributed by atoms with E-state index in [1.54, 1.807) is 0 Å². The van der Waals surface area contributed by atoms with Crippen molar-refractivity contribution in [3.8, 4) is 0 Å². The molecule has 0 unspecified atom stereocenters. The van der Waals surface area contributed by atoms with E-state index in [0.29, 0.717) is 6.61 Å². The van der Waals surface area contributed by atoms with Crippen LogP contribution in [-0.2, 0) is 28.4 Å². The zero-order valence-corrected chi connectivity index (χ0v) is 16.4. The molecule has 3 heterocycles. The fourth-order valence-electron chi connectivity index (χ4n) is 3.33. The van der Waals surface area contributed by atoms with Crippen LogP contribution in [0.3, 0.4) is 0 Å². The molecule has 3 rings (SSSR count). The lowest BCUT2D eigenvalue weighted by molar-refractivity contribution is -0.243. The van der Waals surface area contributed by atoms with Crippen LogP contribution in [0.15, 0.2) is 0 Å². The highest BCUT2D eigenvalue weighted by Gasteiger charge is 2.60. The number of fused-ring (bicyclic) bond motifs is 3. The van der Waals surface area contributed by atoms with Gasteiger partial charge >= 0.3 is 0 Å². The molecule has 0 radical (unpaired) electrons. The van der Waals surface area contributed by atoms with Crippen LogP contribution in [-0.4, -0.2) is 59.9 Å². The van der Waals surface area contributed by atoms with Crippen LogP contribution in [0.2, 0.25) is 0 Å². The van der Waals surface area contributed by atoms with Crippen molar-refractivity contribution in [1.82, 2.24) is 0 Å². The summed E-state index contributed by atoms with van der Waals surface area (Å²) in [7, 11) is 0. The molecule has 3 aliphatic rings. The SMILES string of the molecule is CC1(C)O[C@H]2[C@@H](O1)[C@@H](COCCCCI)O[C@@H]1OC(C)(C)O[C@@H]12. The zero-order valence-electron chi connectivity index (χ0n) is 14.2. The van der Waals surface area contributed by atoms with Crippen molar-refractivity contribution in [2.45, 2.75) is 82.8 Å². The molecule has 5 atom stereocenters. The Kier molecular flexibility index (Phi) is 5.57. The number of rotatable bonds is 6. The molecule has 0 aromatic carbocycles. The summed E-state index contributed by atoms with van der Waals surface area (Å²) >= 11 is 2.38. The van der Waals surface area contributed by atoms with Crippen LogP contribution < -0.4 is 0 Å². The molecule has 0 saturated carbocycles. The molecule has 0 aromatic rings. The highest BCUT2D eigenvalue weighted by atomic mass is 127. The Labute approximate surface area is 151 Å². The predicted octanol–water partition coefficient (Wildman–Crippen LogP) is 2.61. The van der Waals surface area contributed by atoms with Crippen molar-refractivity contribution in [3.63, 3.8) is 0 Å². The molecular formula is C16H27IO6. The fraction of sp³-hybridized carbons (Fsp3) is 1.00. The van der Waals surface area contributed by atoms with Gasteiger partial charge in [0.25, 0.3) is 0 Å². The smallest absolute Gasteiger partial charge is 0.190 e. The quantitative estimate of drug-likeness (QED) is 0.358. The average Bonchev–Trinajstić information content (AvgIpc) is 2.93. The Morgan fingerprint density at radius 3 is 2.26 bits per heavy atom. The van der Waals surface area contributed by atoms with E-state index in [4.69, 9.17) is 28.4 Å². The van der Waals surface area contributed by atoms with Gasteiger partial charge in [-0.05, 0) is 45.0 Å². The summed E-state index contributed by atoms with van der Waals surface area (Å²) in [4.78, 5) is 0. The van der Waals surface area contributed by atoms with E-state index < -0.39 is 17.9 Å². The van der Waals surface area contributed by atoms with Crippen molar-refractivity contribution in [2.24, 2.45) is 0 Å². The zero-order chi connectivity index (χ0) is 16.7. The van der Waals surface area contributed by atoms with Gasteiger partial charge in [-0.15, -0.1) is 0 Å². The number of hydrogen-bond acceptors (Lipinski definition) is 6. The minimum absolute atomic E-state index is 0.200. The Hall–Kier alpha value is 0.490. The van der Waals surface area contributed by atoms with Crippen LogP contribution in [0, 0.1) is 0 Å². The van der Waals surface area contributed by atoms with Crippen LogP contribution >= 0.6 is 22.6 Å². The standard InChI is InChI=1S/C16H27IO6/c1-15(2)20-11-10(9-18-8-6-5-7-17)19-14-13(12(11)21-15)22-16(3,4)23-14/h10-14H,5-9H2,1-4H3/t10-,11+,12+,13-,14-/m1/s1. The fourth-order valence-corrected chi connectivity index (χ4v) is 3.87. The molecule has 0 bridgehead atoms. The summed E-state index contributed by atoms with van der Waals surface area (Å²) in [5, 5.41) is 0. The number of halogens is 1. The normalized spacial score (nSPS) is 40.8. The molecule has 0 aliphatic carbocycles. The third kappa shape index (κ3) is 4.19. The van der Waals surface area contributed by atoms with Gasteiger partial charge in [-0.2, -0.15) is 0 Å². The molecule has 0 spiro atoms. The largest absolute Gasteiger partial charge is 0.379 e. The second-order valence-corrected chi connectivity index (χ2v) is 8.26. The third-order valence-electron chi connectivity index (χ3n) is 4.21. The van der Waals surface area contributed by atoms with Crippen molar-refractivity contribution < 1.29 is 28.4 Å². The lowest BCUT2D eigenvalue weighted by Crippen LogP contribution is -2.56. The Morgan fingerprint density at radius 1 is 0.870 bits per heavy atom. The van der Waals surface area contributed by atoms with Gasteiger partial charge in [0.15, 0.2) is 17.9 Å². The van der Waals surface area contributed by atoms with Gasteiger partial charge < -0.3 is 28.4 Å². The molecule has 3 fully saturated rings. The molecular weight excluding hydrogens is 415 g/mol. The van der Waals surface area contributed by atoms with E-state index in [9.17, 15) is 0 Å². The molecule has 0 aromatic heterocycles. The van der Waals surface area contributed by atoms with Crippen molar-refractivity contribution in [1.29, 1.82) is 0 Å². The summed E-state index contributed by atoms with van der Waals surface area (Å²) in [5.41, 5.74) is 0. The van der Waals surface area contributed by atoms with E-state index in [1.807, 2.05) is 27.7 Å². The molecule has 3 aliphatic heterocycles. The van der Waals surface area contributed by atoms with Gasteiger partial charge in [-0.3, -0.25) is 0 Å². The second kappa shape index (κ2) is 7.01. The molecule has 0 amide bonds. The number of unbranched alkanes of at least 4 members (excludes halogenated alkanes) is 1. The number of alkyl halides is 1. The van der Waals surface area contributed by atoms with Gasteiger partial charge in [0, 0.05) is 6.61 Å². The van der Waals surface area contributed by atoms with Crippen molar-refractivity contribution in [3.05, 3.63) is 0 Å². The summed E-state index contributed by atoms with van der Waals surface area (Å²) in [6, 6.07) is 0. The Morgan fingerprint density at radius 2 is 1.52 bits per heavy atom. The Bertz CT molecular complexity index is 415. The van der Waals surface area contributed by atoms with Gasteiger partial charge in [-0.1, -0.05) is 22.6 Å². The Balaban J connectivity index is 1.64. The molecule has 6 nitrogen and oxygen atoms in total. The minimum atomic E-state index is -0.675. The van der Waals surface area contributed by atoms with E-state index >= 15 is 0 Å². The maximum absolute atomic E-state index is 6.08. The maximum Gasteiger partial charge on any atom is 0.190 e. The average molecular weight is 442 g/mol. The van der Waals surface area contributed by atoms with Gasteiger partial charge in [0.1, 0.15) is 24.4 Å². The number of ether oxygens (including phenoxy) is 6. The summed E-state index contributed by atoms with van der Waals surface area (Å²) < 4.78 is 37.0. The molecule has 3 saturated heterocycles. The van der Waals surface area contributed by atoms with E-state index in [0.717, 1.165) is 17.5 Å². The highest BCUT2D eigenvalue weighted by molar-refractivity contribution is 14.1. The molecule has 0 N–H and O–H groups in total. The molecule has 7 heteroatoms. The topological polar surface area (TPSA) is 55.4 Å². The number of hydrogen-bond donors (Lipinski definition) is 0. The second-order valence-electron chi connectivity index (χ2n) is 7.18. The van der Waals surface area contributed by atoms with Crippen LogP contribution in [0.1, 0.15) is 40.5 Å². The highest BCUT2D eigenvalue weighted by Crippen LogP contribution is 2.44. The van der Waals surface area contributed by atoms with Gasteiger partial charge in [-0.25, -0.2) is 0 Å². The third-order valence-corrected chi connectivity index (χ3v) is 4.97. The van der Waals surface area contributed by atoms with Crippen molar-refractivity contribution >= 4 is 22.6 Å². The monoisotopic (exact) mass is 442 g/mol. The summed E-state index contributed by atoms with van der Waals surface area (Å²) in [6.45, 7) is 8.83. The van der Waals surface area contributed by atoms with E-state index in [-0.39, 0.29) is 24.4 Å². The van der Waals surface area contributed by atoms with Crippen molar-refractivity contribution in [2.75, 3.05) is 17.6 Å². The van der Waals surface area contributed by atoms with Crippen LogP contribution in [0.25, 0.3) is 0 Å². The van der Waals surface area contributed by atoms with Crippen LogP contribution in [0.5, 0.6) is 0 Å². The summed E-state index contributed by atoms with van der Waals surface area (Å²) in [5.74, 6) is -1.32. The van der Waals surface area contributed by atoms with Gasteiger partial charge in [0.05, 0.1) is 6.61 Å². The molecule has 23 heavy (non-hydrogen) atoms. The lowest BCUT2D eigenvalue weighted by Gasteiger charge is -2.37. The first-order valence-corrected chi connectivity index (χ1v) is 9.84. The first kappa shape index (κ1) is 18.3. The van der Waals surface area contributed by atoms with E-state index in [1.165, 1.54) is 6.42 Å². The van der Waals surface area contributed by atoms with Crippen LogP contribution in [0.4, 0.5) is 0 Å². The minimum Gasteiger partial charge on any atom is -0.379 e. The first-order valence-electron chi connectivity index (χ1n) is 8.32. The summed E-state index contributed by atoms with van der Waals surface area (Å²) in [6.07, 6.45) is 0.909. The lowest BCUT2D eigenvalue weighted by atomic mass is 9.99. The maximum atomic E-state index is 6.08. The molecule has 134 valence electrons. The van der Waals surface area contributed by atoms with E-state index in [2.05, 4.69) is 22.6 Å². The van der Waals surface area contributed by atoms with Gasteiger partial charge in [0.2, 0.25) is 0 Å². The first-order chi connectivity index (χ1) is 10.8.